The second-order valence-corrected chi connectivity index (χ2v) is 9.24. The zero-order chi connectivity index (χ0) is 24.5. The number of ether oxygens (including phenoxy) is 1. The SMILES string of the molecule is CC1CCC(C#CC2CCC(c3cc(F)c4c(F)c(C#CC(F)(F)F)c(F)cc4c3)OC2)CC1. The van der Waals surface area contributed by atoms with Crippen LogP contribution in [-0.4, -0.2) is 12.8 Å². The van der Waals surface area contributed by atoms with Crippen LogP contribution in [0.3, 0.4) is 0 Å². The molecule has 0 aromatic heterocycles. The lowest BCUT2D eigenvalue weighted by Crippen LogP contribution is -2.20. The van der Waals surface area contributed by atoms with Gasteiger partial charge in [-0.05, 0) is 73.6 Å². The fraction of sp³-hybridized carbons (Fsp3) is 0.481. The van der Waals surface area contributed by atoms with Crippen LogP contribution < -0.4 is 0 Å². The van der Waals surface area contributed by atoms with Gasteiger partial charge in [0.25, 0.3) is 0 Å². The molecule has 1 saturated carbocycles. The maximum absolute atomic E-state index is 14.8. The maximum Gasteiger partial charge on any atom is 0.458 e. The molecular weight excluding hydrogens is 454 g/mol. The quantitative estimate of drug-likeness (QED) is 0.305. The molecule has 2 aromatic rings. The Morgan fingerprint density at radius 3 is 2.18 bits per heavy atom. The van der Waals surface area contributed by atoms with E-state index in [-0.39, 0.29) is 11.3 Å². The molecular formula is C27H24F6O. The van der Waals surface area contributed by atoms with Crippen LogP contribution in [0.2, 0.25) is 0 Å². The molecule has 1 heterocycles. The van der Waals surface area contributed by atoms with E-state index in [0.29, 0.717) is 24.5 Å². The van der Waals surface area contributed by atoms with E-state index in [1.54, 1.807) is 0 Å². The van der Waals surface area contributed by atoms with Crippen molar-refractivity contribution in [2.24, 2.45) is 17.8 Å². The smallest absolute Gasteiger partial charge is 0.372 e. The first kappa shape index (κ1) is 24.5. The van der Waals surface area contributed by atoms with Crippen LogP contribution >= 0.6 is 0 Å². The van der Waals surface area contributed by atoms with E-state index in [1.807, 2.05) is 0 Å². The number of halogens is 6. The molecule has 2 fully saturated rings. The van der Waals surface area contributed by atoms with Gasteiger partial charge in [0.2, 0.25) is 0 Å². The van der Waals surface area contributed by atoms with Crippen molar-refractivity contribution in [2.45, 2.75) is 57.7 Å². The minimum absolute atomic E-state index is 0.0885. The zero-order valence-electron chi connectivity index (χ0n) is 18.7. The summed E-state index contributed by atoms with van der Waals surface area (Å²) in [5.74, 6) is 6.50. The van der Waals surface area contributed by atoms with E-state index in [9.17, 15) is 26.3 Å². The Hall–Kier alpha value is -2.64. The molecule has 2 atom stereocenters. The van der Waals surface area contributed by atoms with Crippen molar-refractivity contribution >= 4 is 10.8 Å². The summed E-state index contributed by atoms with van der Waals surface area (Å²) in [6, 6.07) is 3.29. The minimum Gasteiger partial charge on any atom is -0.372 e. The van der Waals surface area contributed by atoms with E-state index in [1.165, 1.54) is 24.8 Å². The summed E-state index contributed by atoms with van der Waals surface area (Å²) in [6.45, 7) is 2.65. The molecule has 1 aliphatic heterocycles. The molecule has 1 saturated heterocycles. The van der Waals surface area contributed by atoms with Gasteiger partial charge < -0.3 is 4.74 Å². The molecule has 0 bridgehead atoms. The van der Waals surface area contributed by atoms with Gasteiger partial charge in [-0.25, -0.2) is 13.2 Å². The summed E-state index contributed by atoms with van der Waals surface area (Å²) in [7, 11) is 0. The summed E-state index contributed by atoms with van der Waals surface area (Å²) in [4.78, 5) is 0. The van der Waals surface area contributed by atoms with Crippen LogP contribution in [0.25, 0.3) is 10.8 Å². The van der Waals surface area contributed by atoms with Gasteiger partial charge in [0.05, 0.1) is 23.7 Å². The van der Waals surface area contributed by atoms with Gasteiger partial charge in [0.15, 0.2) is 5.82 Å². The first-order chi connectivity index (χ1) is 16.1. The lowest BCUT2D eigenvalue weighted by atomic mass is 9.83. The maximum atomic E-state index is 14.8. The number of hydrogen-bond donors (Lipinski definition) is 0. The number of alkyl halides is 3. The first-order valence-electron chi connectivity index (χ1n) is 11.4. The van der Waals surface area contributed by atoms with Crippen molar-refractivity contribution < 1.29 is 31.1 Å². The summed E-state index contributed by atoms with van der Waals surface area (Å²) in [6.07, 6.45) is 0.603. The topological polar surface area (TPSA) is 9.23 Å². The summed E-state index contributed by atoms with van der Waals surface area (Å²) in [5.41, 5.74) is -0.690. The third-order valence-corrected chi connectivity index (χ3v) is 6.59. The second kappa shape index (κ2) is 9.92. The molecule has 1 aliphatic carbocycles. The molecule has 2 aromatic carbocycles. The van der Waals surface area contributed by atoms with Crippen LogP contribution in [0, 0.1) is 58.9 Å². The monoisotopic (exact) mass is 478 g/mol. The number of fused-ring (bicyclic) bond motifs is 1. The summed E-state index contributed by atoms with van der Waals surface area (Å²) >= 11 is 0. The molecule has 4 rings (SSSR count). The van der Waals surface area contributed by atoms with Gasteiger partial charge in [0.1, 0.15) is 11.6 Å². The Morgan fingerprint density at radius 2 is 1.53 bits per heavy atom. The molecule has 2 aliphatic rings. The molecule has 34 heavy (non-hydrogen) atoms. The first-order valence-corrected chi connectivity index (χ1v) is 11.4. The Balaban J connectivity index is 1.50. The minimum atomic E-state index is -4.92. The van der Waals surface area contributed by atoms with Crippen LogP contribution in [0.4, 0.5) is 26.3 Å². The second-order valence-electron chi connectivity index (χ2n) is 9.24. The molecule has 0 N–H and O–H groups in total. The number of benzene rings is 2. The third kappa shape index (κ3) is 5.70. The van der Waals surface area contributed by atoms with Gasteiger partial charge >= 0.3 is 6.18 Å². The third-order valence-electron chi connectivity index (χ3n) is 6.59. The zero-order valence-corrected chi connectivity index (χ0v) is 18.7. The van der Waals surface area contributed by atoms with E-state index in [4.69, 9.17) is 4.74 Å². The van der Waals surface area contributed by atoms with Gasteiger partial charge in [-0.15, -0.1) is 0 Å². The molecule has 1 nitrogen and oxygen atoms in total. The Bertz CT molecular complexity index is 1180. The molecule has 2 unspecified atom stereocenters. The fourth-order valence-corrected chi connectivity index (χ4v) is 4.64. The largest absolute Gasteiger partial charge is 0.458 e. The standard InChI is InChI=1S/C27H24F6O/c1-16-2-4-17(5-3-16)6-7-18-8-9-24(34-15-18)19-12-20-14-22(28)21(10-11-27(31,32)33)26(30)25(20)23(29)13-19/h12-14,16-18,24H,2-5,8-9,15H2,1H3. The summed E-state index contributed by atoms with van der Waals surface area (Å²) < 4.78 is 86.6. The lowest BCUT2D eigenvalue weighted by molar-refractivity contribution is -0.0696. The van der Waals surface area contributed by atoms with Crippen molar-refractivity contribution in [1.82, 2.24) is 0 Å². The van der Waals surface area contributed by atoms with Crippen LogP contribution in [0.15, 0.2) is 18.2 Å². The van der Waals surface area contributed by atoms with Crippen molar-refractivity contribution in [3.05, 3.63) is 46.8 Å². The Labute approximate surface area is 194 Å². The van der Waals surface area contributed by atoms with Crippen LogP contribution in [0.1, 0.15) is 62.7 Å². The highest BCUT2D eigenvalue weighted by molar-refractivity contribution is 5.86. The predicted molar refractivity (Wildman–Crippen MR) is 117 cm³/mol. The van der Waals surface area contributed by atoms with E-state index in [2.05, 4.69) is 18.8 Å². The van der Waals surface area contributed by atoms with Crippen LogP contribution in [0.5, 0.6) is 0 Å². The van der Waals surface area contributed by atoms with Gasteiger partial charge in [-0.3, -0.25) is 0 Å². The molecule has 180 valence electrons. The molecule has 0 spiro atoms. The lowest BCUT2D eigenvalue weighted by Gasteiger charge is -2.27. The van der Waals surface area contributed by atoms with E-state index < -0.39 is 40.7 Å². The van der Waals surface area contributed by atoms with Gasteiger partial charge in [0, 0.05) is 17.8 Å². The van der Waals surface area contributed by atoms with Crippen molar-refractivity contribution in [3.8, 4) is 23.7 Å². The Morgan fingerprint density at radius 1 is 0.853 bits per heavy atom. The van der Waals surface area contributed by atoms with Gasteiger partial charge in [-0.2, -0.15) is 13.2 Å². The summed E-state index contributed by atoms with van der Waals surface area (Å²) in [5, 5.41) is -0.697. The Kier molecular flexibility index (Phi) is 7.14. The average molecular weight is 478 g/mol. The highest BCUT2D eigenvalue weighted by atomic mass is 19.4. The number of rotatable bonds is 1. The van der Waals surface area contributed by atoms with Crippen LogP contribution in [-0.2, 0) is 4.74 Å². The predicted octanol–water partition coefficient (Wildman–Crippen LogP) is 7.47. The van der Waals surface area contributed by atoms with Crippen molar-refractivity contribution in [2.75, 3.05) is 6.61 Å². The normalized spacial score (nSPS) is 25.3. The average Bonchev–Trinajstić information content (AvgIpc) is 2.77. The number of hydrogen-bond acceptors (Lipinski definition) is 1. The fourth-order valence-electron chi connectivity index (χ4n) is 4.64. The molecule has 0 amide bonds. The van der Waals surface area contributed by atoms with Crippen molar-refractivity contribution in [1.29, 1.82) is 0 Å². The van der Waals surface area contributed by atoms with E-state index >= 15 is 0 Å². The van der Waals surface area contributed by atoms with E-state index in [0.717, 1.165) is 43.2 Å². The van der Waals surface area contributed by atoms with Crippen molar-refractivity contribution in [3.63, 3.8) is 0 Å². The van der Waals surface area contributed by atoms with Gasteiger partial charge in [-0.1, -0.05) is 24.7 Å². The molecule has 0 radical (unpaired) electrons. The molecule has 7 heteroatoms. The highest BCUT2D eigenvalue weighted by Gasteiger charge is 2.26. The highest BCUT2D eigenvalue weighted by Crippen LogP contribution is 2.35.